The summed E-state index contributed by atoms with van der Waals surface area (Å²) in [5, 5.41) is 0. The zero-order valence-corrected chi connectivity index (χ0v) is 27.3. The van der Waals surface area contributed by atoms with Gasteiger partial charge in [-0.2, -0.15) is 0 Å². The molecule has 3 rings (SSSR count). The number of carbonyl (C=O) groups excluding carboxylic acids is 1. The summed E-state index contributed by atoms with van der Waals surface area (Å²) in [6, 6.07) is 10.7. The fourth-order valence-electron chi connectivity index (χ4n) is 5.01. The van der Waals surface area contributed by atoms with Crippen LogP contribution < -0.4 is 10.5 Å². The molecule has 3 heteroatoms. The van der Waals surface area contributed by atoms with Crippen molar-refractivity contribution in [1.29, 1.82) is 0 Å². The Kier molecular flexibility index (Phi) is 13.7. The van der Waals surface area contributed by atoms with E-state index in [9.17, 15) is 4.79 Å². The van der Waals surface area contributed by atoms with Gasteiger partial charge >= 0.3 is 0 Å². The summed E-state index contributed by atoms with van der Waals surface area (Å²) in [6.07, 6.45) is 11.1. The number of carbonyl (C=O) groups is 1. The van der Waals surface area contributed by atoms with Crippen molar-refractivity contribution in [1.82, 2.24) is 0 Å². The zero-order chi connectivity index (χ0) is 30.7. The number of anilines is 1. The Morgan fingerprint density at radius 3 is 1.98 bits per heavy atom. The Morgan fingerprint density at radius 1 is 0.975 bits per heavy atom. The number of hydrogen-bond acceptors (Lipinski definition) is 3. The molecule has 0 fully saturated rings. The van der Waals surface area contributed by atoms with Crippen LogP contribution in [-0.2, 0) is 28.5 Å². The Hall–Kier alpha value is -3.07. The number of methoxy groups -OCH3 is 1. The van der Waals surface area contributed by atoms with E-state index in [2.05, 4.69) is 81.0 Å². The van der Waals surface area contributed by atoms with Crippen LogP contribution in [0.15, 0.2) is 66.3 Å². The molecule has 0 heterocycles. The molecule has 1 aliphatic rings. The third kappa shape index (κ3) is 9.54. The predicted molar refractivity (Wildman–Crippen MR) is 176 cm³/mol. The normalized spacial score (nSPS) is 15.5. The van der Waals surface area contributed by atoms with Crippen molar-refractivity contribution >= 4 is 11.5 Å². The smallest absolute Gasteiger partial charge is 0.159 e. The average molecular weight is 546 g/mol. The van der Waals surface area contributed by atoms with Crippen molar-refractivity contribution in [2.24, 2.45) is 0 Å². The van der Waals surface area contributed by atoms with Gasteiger partial charge in [0.2, 0.25) is 0 Å². The molecule has 2 aromatic carbocycles. The van der Waals surface area contributed by atoms with Crippen LogP contribution in [0.2, 0.25) is 0 Å². The van der Waals surface area contributed by atoms with Gasteiger partial charge in [0.15, 0.2) is 5.78 Å². The number of rotatable bonds is 7. The number of allylic oxidation sites excluding steroid dienone is 5. The first kappa shape index (κ1) is 35.0. The zero-order valence-electron chi connectivity index (χ0n) is 27.3. The highest BCUT2D eigenvalue weighted by Crippen LogP contribution is 2.46. The molecule has 0 aliphatic heterocycles. The highest BCUT2D eigenvalue weighted by atomic mass is 16.5. The number of ketones is 1. The maximum absolute atomic E-state index is 11.5. The summed E-state index contributed by atoms with van der Waals surface area (Å²) < 4.78 is 5.14. The van der Waals surface area contributed by atoms with Crippen LogP contribution in [0.3, 0.4) is 0 Å². The van der Waals surface area contributed by atoms with E-state index in [0.29, 0.717) is 11.3 Å². The molecule has 40 heavy (non-hydrogen) atoms. The van der Waals surface area contributed by atoms with Gasteiger partial charge in [-0.25, -0.2) is 0 Å². The third-order valence-electron chi connectivity index (χ3n) is 7.66. The molecule has 0 unspecified atom stereocenters. The first-order chi connectivity index (χ1) is 18.7. The first-order valence-electron chi connectivity index (χ1n) is 14.8. The lowest BCUT2D eigenvalue weighted by Gasteiger charge is -2.42. The van der Waals surface area contributed by atoms with E-state index in [1.807, 2.05) is 30.4 Å². The van der Waals surface area contributed by atoms with Gasteiger partial charge in [0, 0.05) is 5.57 Å². The molecule has 3 nitrogen and oxygen atoms in total. The van der Waals surface area contributed by atoms with Crippen molar-refractivity contribution in [3.05, 3.63) is 94.1 Å². The van der Waals surface area contributed by atoms with E-state index < -0.39 is 0 Å². The number of benzene rings is 2. The molecule has 0 radical (unpaired) electrons. The molecular weight excluding hydrogens is 490 g/mol. The quantitative estimate of drug-likeness (QED) is 0.214. The second-order valence-corrected chi connectivity index (χ2v) is 12.3. The number of aryl methyl sites for hydroxylation is 2. The van der Waals surface area contributed by atoms with E-state index in [-0.39, 0.29) is 16.6 Å². The summed E-state index contributed by atoms with van der Waals surface area (Å²) in [5.74, 6) is 0.869. The molecule has 1 aliphatic carbocycles. The number of Topliss-reactive ketones (excluding diaryl/α,β-unsaturated/α-hetero) is 1. The minimum atomic E-state index is 0.0537. The first-order valence-corrected chi connectivity index (χ1v) is 14.8. The summed E-state index contributed by atoms with van der Waals surface area (Å²) >= 11 is 0. The van der Waals surface area contributed by atoms with Gasteiger partial charge in [-0.1, -0.05) is 110 Å². The Balaban J connectivity index is 0.000000472. The van der Waals surface area contributed by atoms with Crippen molar-refractivity contribution < 1.29 is 9.53 Å². The molecule has 0 saturated heterocycles. The number of ether oxygens (including phenoxy) is 1. The maximum Gasteiger partial charge on any atom is 0.159 e. The standard InChI is InChI=1S/C25H34O.C9H13NO.C3H8/c1-9-20(19(4)26)11-10-17(2)14-21-16-23-22(15-18(21)3)24(5,6)12-13-25(23,7)8;1-3-7-5-4-6-8(10)9(7)11-2;1-3-2/h9-11,15-16H,1,12-14H2,2-8H3;4-6H,3,10H2,1-2H3;3H2,1-2H3/b17-10+,20-11+;;. The van der Waals surface area contributed by atoms with E-state index in [1.165, 1.54) is 47.1 Å². The van der Waals surface area contributed by atoms with E-state index >= 15 is 0 Å². The maximum atomic E-state index is 11.5. The van der Waals surface area contributed by atoms with Crippen LogP contribution in [-0.4, -0.2) is 12.9 Å². The number of fused-ring (bicyclic) bond motifs is 1. The van der Waals surface area contributed by atoms with Crippen LogP contribution in [0.4, 0.5) is 5.69 Å². The molecule has 2 aromatic rings. The molecule has 0 spiro atoms. The SMILES string of the molecule is C=C/C(=C\C=C(/C)Cc1cc2c(cc1C)C(C)(C)CCC2(C)C)C(C)=O.CCC.CCc1cccc(N)c1OC. The average Bonchev–Trinajstić information content (AvgIpc) is 2.88. The molecule has 0 bridgehead atoms. The van der Waals surface area contributed by atoms with Crippen molar-refractivity contribution in [3.8, 4) is 5.75 Å². The van der Waals surface area contributed by atoms with Crippen LogP contribution in [0, 0.1) is 6.92 Å². The van der Waals surface area contributed by atoms with E-state index in [0.717, 1.165) is 24.2 Å². The Labute approximate surface area is 245 Å². The lowest BCUT2D eigenvalue weighted by Crippen LogP contribution is -2.34. The number of hydrogen-bond donors (Lipinski definition) is 1. The van der Waals surface area contributed by atoms with Gasteiger partial charge in [0.25, 0.3) is 0 Å². The van der Waals surface area contributed by atoms with Gasteiger partial charge in [-0.3, -0.25) is 4.79 Å². The van der Waals surface area contributed by atoms with E-state index in [4.69, 9.17) is 10.5 Å². The molecule has 0 saturated carbocycles. The van der Waals surface area contributed by atoms with Crippen LogP contribution in [0.25, 0.3) is 0 Å². The fraction of sp³-hybridized carbons (Fsp3) is 0.486. The minimum absolute atomic E-state index is 0.0537. The highest BCUT2D eigenvalue weighted by Gasteiger charge is 2.37. The second-order valence-electron chi connectivity index (χ2n) is 12.3. The van der Waals surface area contributed by atoms with Crippen molar-refractivity contribution in [3.63, 3.8) is 0 Å². The van der Waals surface area contributed by atoms with Gasteiger partial charge in [0.05, 0.1) is 12.8 Å². The summed E-state index contributed by atoms with van der Waals surface area (Å²) in [5.41, 5.74) is 15.7. The summed E-state index contributed by atoms with van der Waals surface area (Å²) in [4.78, 5) is 11.5. The molecule has 0 atom stereocenters. The second kappa shape index (κ2) is 15.6. The molecule has 2 N–H and O–H groups in total. The van der Waals surface area contributed by atoms with Crippen LogP contribution >= 0.6 is 0 Å². The molecule has 0 amide bonds. The van der Waals surface area contributed by atoms with E-state index in [1.54, 1.807) is 20.1 Å². The Morgan fingerprint density at radius 2 is 1.52 bits per heavy atom. The Bertz CT molecular complexity index is 1210. The van der Waals surface area contributed by atoms with Crippen molar-refractivity contribution in [2.75, 3.05) is 12.8 Å². The van der Waals surface area contributed by atoms with Gasteiger partial charge in [-0.05, 0) is 91.2 Å². The monoisotopic (exact) mass is 545 g/mol. The molecule has 220 valence electrons. The third-order valence-corrected chi connectivity index (χ3v) is 7.66. The minimum Gasteiger partial charge on any atom is -0.494 e. The van der Waals surface area contributed by atoms with Crippen molar-refractivity contribution in [2.45, 2.75) is 112 Å². The highest BCUT2D eigenvalue weighted by molar-refractivity contribution is 5.96. The topological polar surface area (TPSA) is 52.3 Å². The number of nitrogens with two attached hydrogens (primary N) is 1. The lowest BCUT2D eigenvalue weighted by molar-refractivity contribution is -0.113. The van der Waals surface area contributed by atoms with Gasteiger partial charge in [0.1, 0.15) is 5.75 Å². The predicted octanol–water partition coefficient (Wildman–Crippen LogP) is 9.79. The van der Waals surface area contributed by atoms with Crippen LogP contribution in [0.1, 0.15) is 109 Å². The lowest BCUT2D eigenvalue weighted by atomic mass is 9.62. The largest absolute Gasteiger partial charge is 0.494 e. The summed E-state index contributed by atoms with van der Waals surface area (Å²) in [7, 11) is 1.64. The fourth-order valence-corrected chi connectivity index (χ4v) is 5.01. The number of para-hydroxylation sites is 1. The number of nitrogen functional groups attached to an aromatic ring is 1. The van der Waals surface area contributed by atoms with Crippen LogP contribution in [0.5, 0.6) is 5.75 Å². The molecule has 0 aromatic heterocycles. The molecular formula is C37H55NO2. The van der Waals surface area contributed by atoms with Gasteiger partial charge < -0.3 is 10.5 Å². The van der Waals surface area contributed by atoms with Gasteiger partial charge in [-0.15, -0.1) is 0 Å². The summed E-state index contributed by atoms with van der Waals surface area (Å²) in [6.45, 7) is 25.5.